The maximum absolute atomic E-state index is 12.9. The Balaban J connectivity index is 1.50. The fourth-order valence-electron chi connectivity index (χ4n) is 4.07. The minimum atomic E-state index is -0.631. The molecule has 4 aromatic rings. The molecule has 1 atom stereocenters. The molecule has 34 heavy (non-hydrogen) atoms. The zero-order valence-electron chi connectivity index (χ0n) is 17.8. The van der Waals surface area contributed by atoms with Crippen molar-refractivity contribution in [1.82, 2.24) is 0 Å². The van der Waals surface area contributed by atoms with Crippen LogP contribution in [0.3, 0.4) is 0 Å². The minimum Gasteiger partial charge on any atom is -0.449 e. The molecule has 1 aliphatic rings. The van der Waals surface area contributed by atoms with Crippen molar-refractivity contribution in [3.8, 4) is 17.6 Å². The average Bonchev–Trinajstić information content (AvgIpc) is 3.14. The number of hydrogen-bond acceptors (Lipinski definition) is 6. The third kappa shape index (κ3) is 3.81. The lowest BCUT2D eigenvalue weighted by Crippen LogP contribution is -2.21. The zero-order chi connectivity index (χ0) is 24.0. The predicted octanol–water partition coefficient (Wildman–Crippen LogP) is 6.59. The number of rotatable bonds is 3. The standard InChI is InChI=1S/C26H16BrClN2O4/c1-13-19-10-15(27)5-8-21(19)33-24(13)26(31)32-17-6-7-18-22(11-17)34-25(30)20(12-29)23(18)14-3-2-4-16(28)9-14/h2-11,23H,30H2,1H3. The zero-order valence-corrected chi connectivity index (χ0v) is 20.1. The monoisotopic (exact) mass is 534 g/mol. The van der Waals surface area contributed by atoms with Crippen LogP contribution in [-0.2, 0) is 0 Å². The summed E-state index contributed by atoms with van der Waals surface area (Å²) < 4.78 is 17.9. The molecule has 0 aliphatic carbocycles. The summed E-state index contributed by atoms with van der Waals surface area (Å²) in [6.07, 6.45) is 0. The molecule has 8 heteroatoms. The van der Waals surface area contributed by atoms with Crippen molar-refractivity contribution in [3.05, 3.63) is 104 Å². The summed E-state index contributed by atoms with van der Waals surface area (Å²) in [4.78, 5) is 12.9. The van der Waals surface area contributed by atoms with Gasteiger partial charge in [-0.2, -0.15) is 5.26 Å². The molecule has 0 spiro atoms. The first kappa shape index (κ1) is 22.1. The molecule has 0 amide bonds. The second-order valence-corrected chi connectivity index (χ2v) is 9.12. The van der Waals surface area contributed by atoms with Crippen LogP contribution in [0.15, 0.2) is 81.0 Å². The Hall–Kier alpha value is -3.73. The van der Waals surface area contributed by atoms with Crippen molar-refractivity contribution in [2.45, 2.75) is 12.8 Å². The fourth-order valence-corrected chi connectivity index (χ4v) is 4.63. The van der Waals surface area contributed by atoms with Gasteiger partial charge >= 0.3 is 5.97 Å². The summed E-state index contributed by atoms with van der Waals surface area (Å²) in [5.74, 6) is -0.349. The number of carbonyl (C=O) groups is 1. The van der Waals surface area contributed by atoms with E-state index in [0.29, 0.717) is 27.5 Å². The lowest BCUT2D eigenvalue weighted by molar-refractivity contribution is 0.0702. The van der Waals surface area contributed by atoms with Crippen LogP contribution in [0.1, 0.15) is 33.2 Å². The Kier molecular flexibility index (Phi) is 5.56. The number of aryl methyl sites for hydroxylation is 1. The number of nitrogens with two attached hydrogens (primary N) is 1. The van der Waals surface area contributed by atoms with Gasteiger partial charge in [0.05, 0.1) is 5.92 Å². The highest BCUT2D eigenvalue weighted by Crippen LogP contribution is 2.44. The van der Waals surface area contributed by atoms with Crippen molar-refractivity contribution >= 4 is 44.5 Å². The second kappa shape index (κ2) is 8.56. The van der Waals surface area contributed by atoms with Gasteiger partial charge < -0.3 is 19.6 Å². The third-order valence-electron chi connectivity index (χ3n) is 5.67. The number of halogens is 2. The van der Waals surface area contributed by atoms with E-state index in [-0.39, 0.29) is 23.0 Å². The van der Waals surface area contributed by atoms with Gasteiger partial charge in [-0.25, -0.2) is 4.79 Å². The molecule has 3 aromatic carbocycles. The summed E-state index contributed by atoms with van der Waals surface area (Å²) >= 11 is 9.61. The van der Waals surface area contributed by atoms with Crippen molar-refractivity contribution in [3.63, 3.8) is 0 Å². The molecule has 2 N–H and O–H groups in total. The summed E-state index contributed by atoms with van der Waals surface area (Å²) in [5.41, 5.74) is 9.12. The SMILES string of the molecule is Cc1c(C(=O)Oc2ccc3c(c2)OC(N)=C(C#N)C3c2cccc(Cl)c2)oc2ccc(Br)cc12. The summed E-state index contributed by atoms with van der Waals surface area (Å²) in [7, 11) is 0. The molecule has 0 saturated heterocycles. The third-order valence-corrected chi connectivity index (χ3v) is 6.40. The number of fused-ring (bicyclic) bond motifs is 2. The molecule has 0 saturated carbocycles. The molecule has 5 rings (SSSR count). The number of hydrogen-bond donors (Lipinski definition) is 1. The number of nitrogens with zero attached hydrogens (tertiary/aromatic N) is 1. The quantitative estimate of drug-likeness (QED) is 0.235. The highest BCUT2D eigenvalue weighted by atomic mass is 79.9. The van der Waals surface area contributed by atoms with Gasteiger partial charge in [-0.1, -0.05) is 45.7 Å². The van der Waals surface area contributed by atoms with E-state index in [2.05, 4.69) is 22.0 Å². The van der Waals surface area contributed by atoms with Gasteiger partial charge in [0.1, 0.15) is 28.7 Å². The molecule has 6 nitrogen and oxygen atoms in total. The van der Waals surface area contributed by atoms with E-state index >= 15 is 0 Å². The van der Waals surface area contributed by atoms with Crippen molar-refractivity contribution in [2.75, 3.05) is 0 Å². The maximum atomic E-state index is 12.9. The maximum Gasteiger partial charge on any atom is 0.379 e. The number of furan rings is 1. The Morgan fingerprint density at radius 3 is 2.76 bits per heavy atom. The van der Waals surface area contributed by atoms with Gasteiger partial charge in [-0.05, 0) is 48.9 Å². The fraction of sp³-hybridized carbons (Fsp3) is 0.0769. The topological polar surface area (TPSA) is 98.5 Å². The van der Waals surface area contributed by atoms with E-state index in [4.69, 9.17) is 31.2 Å². The van der Waals surface area contributed by atoms with Crippen LogP contribution in [-0.4, -0.2) is 5.97 Å². The summed E-state index contributed by atoms with van der Waals surface area (Å²) in [6.45, 7) is 1.80. The van der Waals surface area contributed by atoms with Gasteiger partial charge in [0.25, 0.3) is 0 Å². The van der Waals surface area contributed by atoms with Crippen LogP contribution in [0.5, 0.6) is 11.5 Å². The van der Waals surface area contributed by atoms with Crippen LogP contribution in [0, 0.1) is 18.3 Å². The smallest absolute Gasteiger partial charge is 0.379 e. The molecule has 0 radical (unpaired) electrons. The number of ether oxygens (including phenoxy) is 2. The van der Waals surface area contributed by atoms with Crippen molar-refractivity contribution < 1.29 is 18.7 Å². The molecular formula is C26H16BrClN2O4. The first-order valence-electron chi connectivity index (χ1n) is 10.2. The normalized spacial score (nSPS) is 14.9. The lowest BCUT2D eigenvalue weighted by atomic mass is 9.83. The lowest BCUT2D eigenvalue weighted by Gasteiger charge is -2.26. The van der Waals surface area contributed by atoms with Gasteiger partial charge in [0, 0.05) is 32.1 Å². The van der Waals surface area contributed by atoms with Gasteiger partial charge in [0.15, 0.2) is 0 Å². The molecule has 168 valence electrons. The molecule has 2 heterocycles. The van der Waals surface area contributed by atoms with E-state index in [1.807, 2.05) is 24.3 Å². The number of nitriles is 1. The van der Waals surface area contributed by atoms with Crippen molar-refractivity contribution in [2.24, 2.45) is 5.73 Å². The van der Waals surface area contributed by atoms with E-state index < -0.39 is 11.9 Å². The predicted molar refractivity (Wildman–Crippen MR) is 131 cm³/mol. The van der Waals surface area contributed by atoms with Crippen LogP contribution in [0.4, 0.5) is 0 Å². The van der Waals surface area contributed by atoms with Crippen molar-refractivity contribution in [1.29, 1.82) is 5.26 Å². The number of esters is 1. The number of carbonyl (C=O) groups excluding carboxylic acids is 1. The molecule has 1 aliphatic heterocycles. The first-order chi connectivity index (χ1) is 16.4. The number of allylic oxidation sites excluding steroid dienone is 1. The van der Waals surface area contributed by atoms with Crippen LogP contribution in [0.25, 0.3) is 11.0 Å². The molecule has 1 aromatic heterocycles. The Bertz CT molecular complexity index is 1550. The molecule has 1 unspecified atom stereocenters. The molecule has 0 bridgehead atoms. The Labute approximate surface area is 208 Å². The Morgan fingerprint density at radius 1 is 1.18 bits per heavy atom. The van der Waals surface area contributed by atoms with E-state index in [1.54, 1.807) is 43.3 Å². The molecule has 0 fully saturated rings. The highest BCUT2D eigenvalue weighted by molar-refractivity contribution is 9.10. The van der Waals surface area contributed by atoms with Crippen LogP contribution >= 0.6 is 27.5 Å². The van der Waals surface area contributed by atoms with Gasteiger partial charge in [-0.3, -0.25) is 0 Å². The van der Waals surface area contributed by atoms with Gasteiger partial charge in [-0.15, -0.1) is 0 Å². The van der Waals surface area contributed by atoms with E-state index in [1.165, 1.54) is 0 Å². The van der Waals surface area contributed by atoms with Crippen LogP contribution < -0.4 is 15.2 Å². The summed E-state index contributed by atoms with van der Waals surface area (Å²) in [6, 6.07) is 19.8. The molecular weight excluding hydrogens is 520 g/mol. The second-order valence-electron chi connectivity index (χ2n) is 7.77. The first-order valence-corrected chi connectivity index (χ1v) is 11.4. The van der Waals surface area contributed by atoms with Crippen LogP contribution in [0.2, 0.25) is 5.02 Å². The minimum absolute atomic E-state index is 0.0119. The largest absolute Gasteiger partial charge is 0.449 e. The Morgan fingerprint density at radius 2 is 2.00 bits per heavy atom. The summed E-state index contributed by atoms with van der Waals surface area (Å²) in [5, 5.41) is 11.1. The van der Waals surface area contributed by atoms with E-state index in [0.717, 1.165) is 15.4 Å². The van der Waals surface area contributed by atoms with E-state index in [9.17, 15) is 10.1 Å². The van der Waals surface area contributed by atoms with Gasteiger partial charge in [0.2, 0.25) is 11.6 Å². The highest BCUT2D eigenvalue weighted by Gasteiger charge is 2.31. The average molecular weight is 536 g/mol. The number of benzene rings is 3.